The van der Waals surface area contributed by atoms with Crippen LogP contribution >= 0.6 is 0 Å². The van der Waals surface area contributed by atoms with Gasteiger partial charge >= 0.3 is 0 Å². The molecule has 3 N–H and O–H groups in total. The van der Waals surface area contributed by atoms with Crippen molar-refractivity contribution in [3.8, 4) is 0 Å². The average Bonchev–Trinajstić information content (AvgIpc) is 2.13. The summed E-state index contributed by atoms with van der Waals surface area (Å²) in [5.41, 5.74) is 4.89. The molecule has 0 saturated carbocycles. The first-order valence-electron chi connectivity index (χ1n) is 4.82. The zero-order valence-corrected chi connectivity index (χ0v) is 9.18. The Hall–Kier alpha value is -1.49. The number of hydrogen-bond donors (Lipinski definition) is 2. The second-order valence-electron chi connectivity index (χ2n) is 4.30. The van der Waals surface area contributed by atoms with E-state index in [4.69, 9.17) is 5.73 Å². The minimum Gasteiger partial charge on any atom is -0.350 e. The topological polar surface area (TPSA) is 55.1 Å². The number of benzene rings is 1. The third-order valence-electron chi connectivity index (χ3n) is 1.88. The fourth-order valence-corrected chi connectivity index (χ4v) is 1.08. The zero-order valence-electron chi connectivity index (χ0n) is 9.18. The van der Waals surface area contributed by atoms with Crippen LogP contribution in [-0.2, 0) is 0 Å². The second-order valence-corrected chi connectivity index (χ2v) is 4.30. The molecule has 1 aromatic carbocycles. The molecule has 0 heterocycles. The lowest BCUT2D eigenvalue weighted by Crippen LogP contribution is -2.45. The fraction of sp³-hybridized carbons (Fsp3) is 0.364. The van der Waals surface area contributed by atoms with Crippen LogP contribution in [0.1, 0.15) is 24.2 Å². The van der Waals surface area contributed by atoms with Gasteiger partial charge in [0.2, 0.25) is 0 Å². The summed E-state index contributed by atoms with van der Waals surface area (Å²) in [7, 11) is 0. The van der Waals surface area contributed by atoms with Crippen molar-refractivity contribution < 1.29 is 13.6 Å². The molecule has 0 aliphatic rings. The number of halogens is 2. The summed E-state index contributed by atoms with van der Waals surface area (Å²) in [5.74, 6) is -2.20. The van der Waals surface area contributed by atoms with Gasteiger partial charge in [-0.25, -0.2) is 8.78 Å². The highest BCUT2D eigenvalue weighted by Crippen LogP contribution is 2.09. The SMILES string of the molecule is CC(C)(N)CNC(=O)c1ccc(F)cc1F. The van der Waals surface area contributed by atoms with Gasteiger partial charge in [-0.2, -0.15) is 0 Å². The highest BCUT2D eigenvalue weighted by atomic mass is 19.1. The van der Waals surface area contributed by atoms with Crippen LogP contribution in [0.25, 0.3) is 0 Å². The van der Waals surface area contributed by atoms with Crippen molar-refractivity contribution in [1.82, 2.24) is 5.32 Å². The van der Waals surface area contributed by atoms with Gasteiger partial charge in [0, 0.05) is 18.2 Å². The number of hydrogen-bond acceptors (Lipinski definition) is 2. The minimum atomic E-state index is -0.882. The van der Waals surface area contributed by atoms with Gasteiger partial charge in [0.1, 0.15) is 11.6 Å². The van der Waals surface area contributed by atoms with Crippen LogP contribution in [0.3, 0.4) is 0 Å². The summed E-state index contributed by atoms with van der Waals surface area (Å²) in [4.78, 5) is 11.5. The molecule has 1 aromatic rings. The van der Waals surface area contributed by atoms with Crippen LogP contribution in [-0.4, -0.2) is 18.0 Å². The Morgan fingerprint density at radius 3 is 2.56 bits per heavy atom. The summed E-state index contributed by atoms with van der Waals surface area (Å²) in [5, 5.41) is 2.47. The highest BCUT2D eigenvalue weighted by molar-refractivity contribution is 5.94. The molecule has 88 valence electrons. The van der Waals surface area contributed by atoms with Gasteiger partial charge in [-0.05, 0) is 26.0 Å². The van der Waals surface area contributed by atoms with E-state index in [1.54, 1.807) is 13.8 Å². The molecule has 0 saturated heterocycles. The van der Waals surface area contributed by atoms with E-state index in [1.165, 1.54) is 0 Å². The Morgan fingerprint density at radius 2 is 2.06 bits per heavy atom. The quantitative estimate of drug-likeness (QED) is 0.822. The van der Waals surface area contributed by atoms with E-state index in [1.807, 2.05) is 0 Å². The first-order chi connectivity index (χ1) is 7.29. The summed E-state index contributed by atoms with van der Waals surface area (Å²) in [6.07, 6.45) is 0. The number of carbonyl (C=O) groups excluding carboxylic acids is 1. The fourth-order valence-electron chi connectivity index (χ4n) is 1.08. The first-order valence-corrected chi connectivity index (χ1v) is 4.82. The molecular weight excluding hydrogens is 214 g/mol. The van der Waals surface area contributed by atoms with Gasteiger partial charge in [0.05, 0.1) is 5.56 Å². The monoisotopic (exact) mass is 228 g/mol. The van der Waals surface area contributed by atoms with Crippen LogP contribution in [0, 0.1) is 11.6 Å². The van der Waals surface area contributed by atoms with E-state index in [-0.39, 0.29) is 12.1 Å². The van der Waals surface area contributed by atoms with Crippen molar-refractivity contribution in [2.45, 2.75) is 19.4 Å². The second kappa shape index (κ2) is 4.57. The maximum atomic E-state index is 13.2. The number of nitrogens with one attached hydrogen (secondary N) is 1. The zero-order chi connectivity index (χ0) is 12.3. The smallest absolute Gasteiger partial charge is 0.254 e. The lowest BCUT2D eigenvalue weighted by Gasteiger charge is -2.18. The van der Waals surface area contributed by atoms with E-state index >= 15 is 0 Å². The van der Waals surface area contributed by atoms with Crippen LogP contribution < -0.4 is 11.1 Å². The molecule has 1 amide bonds. The van der Waals surface area contributed by atoms with Crippen molar-refractivity contribution in [1.29, 1.82) is 0 Å². The first kappa shape index (κ1) is 12.6. The predicted molar refractivity (Wildman–Crippen MR) is 57.0 cm³/mol. The summed E-state index contributed by atoms with van der Waals surface area (Å²) < 4.78 is 25.8. The number of nitrogens with two attached hydrogens (primary N) is 1. The molecule has 0 fully saturated rings. The number of rotatable bonds is 3. The molecule has 0 atom stereocenters. The molecule has 0 spiro atoms. The van der Waals surface area contributed by atoms with E-state index in [0.717, 1.165) is 12.1 Å². The molecule has 0 bridgehead atoms. The molecule has 1 rings (SSSR count). The van der Waals surface area contributed by atoms with Crippen molar-refractivity contribution in [3.05, 3.63) is 35.4 Å². The molecule has 16 heavy (non-hydrogen) atoms. The molecule has 0 unspecified atom stereocenters. The minimum absolute atomic E-state index is 0.189. The predicted octanol–water partition coefficient (Wildman–Crippen LogP) is 1.43. The van der Waals surface area contributed by atoms with E-state index < -0.39 is 23.1 Å². The number of amides is 1. The third kappa shape index (κ3) is 3.58. The van der Waals surface area contributed by atoms with Crippen LogP contribution in [0.15, 0.2) is 18.2 Å². The van der Waals surface area contributed by atoms with Crippen LogP contribution in [0.2, 0.25) is 0 Å². The van der Waals surface area contributed by atoms with Crippen molar-refractivity contribution >= 4 is 5.91 Å². The number of carbonyl (C=O) groups is 1. The lowest BCUT2D eigenvalue weighted by molar-refractivity contribution is 0.0942. The van der Waals surface area contributed by atoms with Gasteiger partial charge in [-0.1, -0.05) is 0 Å². The highest BCUT2D eigenvalue weighted by Gasteiger charge is 2.16. The average molecular weight is 228 g/mol. The molecular formula is C11H14F2N2O. The van der Waals surface area contributed by atoms with E-state index in [9.17, 15) is 13.6 Å². The summed E-state index contributed by atoms with van der Waals surface area (Å²) in [6, 6.07) is 2.80. The standard InChI is InChI=1S/C11H14F2N2O/c1-11(2,14)6-15-10(16)8-4-3-7(12)5-9(8)13/h3-5H,6,14H2,1-2H3,(H,15,16). The van der Waals surface area contributed by atoms with E-state index in [2.05, 4.69) is 5.32 Å². The van der Waals surface area contributed by atoms with Gasteiger partial charge < -0.3 is 11.1 Å². The van der Waals surface area contributed by atoms with Gasteiger partial charge in [-0.15, -0.1) is 0 Å². The molecule has 0 aliphatic carbocycles. The van der Waals surface area contributed by atoms with Gasteiger partial charge in [0.25, 0.3) is 5.91 Å². The summed E-state index contributed by atoms with van der Waals surface area (Å²) in [6.45, 7) is 3.67. The van der Waals surface area contributed by atoms with Crippen molar-refractivity contribution in [2.75, 3.05) is 6.54 Å². The largest absolute Gasteiger partial charge is 0.350 e. The molecule has 0 aromatic heterocycles. The maximum absolute atomic E-state index is 13.2. The Labute approximate surface area is 92.6 Å². The normalized spacial score (nSPS) is 11.3. The maximum Gasteiger partial charge on any atom is 0.254 e. The molecule has 5 heteroatoms. The lowest BCUT2D eigenvalue weighted by atomic mass is 10.1. The van der Waals surface area contributed by atoms with Crippen LogP contribution in [0.5, 0.6) is 0 Å². The van der Waals surface area contributed by atoms with Crippen LogP contribution in [0.4, 0.5) is 8.78 Å². The Bertz CT molecular complexity index is 399. The van der Waals surface area contributed by atoms with Crippen molar-refractivity contribution in [2.24, 2.45) is 5.73 Å². The molecule has 0 radical (unpaired) electrons. The van der Waals surface area contributed by atoms with Gasteiger partial charge in [0.15, 0.2) is 0 Å². The Kier molecular flexibility index (Phi) is 3.59. The Morgan fingerprint density at radius 1 is 1.44 bits per heavy atom. The third-order valence-corrected chi connectivity index (χ3v) is 1.88. The molecule has 3 nitrogen and oxygen atoms in total. The van der Waals surface area contributed by atoms with Gasteiger partial charge in [-0.3, -0.25) is 4.79 Å². The summed E-state index contributed by atoms with van der Waals surface area (Å²) >= 11 is 0. The Balaban J connectivity index is 2.74. The van der Waals surface area contributed by atoms with E-state index in [0.29, 0.717) is 6.07 Å². The molecule has 0 aliphatic heterocycles. The van der Waals surface area contributed by atoms with Crippen molar-refractivity contribution in [3.63, 3.8) is 0 Å².